The lowest BCUT2D eigenvalue weighted by Crippen LogP contribution is -2.34. The van der Waals surface area contributed by atoms with E-state index in [2.05, 4.69) is 10.1 Å². The molecule has 7 nitrogen and oxygen atoms in total. The van der Waals surface area contributed by atoms with E-state index < -0.39 is 18.2 Å². The predicted octanol–water partition coefficient (Wildman–Crippen LogP) is 4.09. The lowest BCUT2D eigenvalue weighted by molar-refractivity contribution is 0.0696. The number of benzene rings is 1. The molecule has 2 heterocycles. The van der Waals surface area contributed by atoms with Crippen LogP contribution in [0.3, 0.4) is 0 Å². The van der Waals surface area contributed by atoms with Crippen LogP contribution < -0.4 is 9.64 Å². The van der Waals surface area contributed by atoms with E-state index in [1.807, 2.05) is 4.90 Å². The van der Waals surface area contributed by atoms with Gasteiger partial charge < -0.3 is 19.3 Å². The summed E-state index contributed by atoms with van der Waals surface area (Å²) in [5.74, 6) is -0.306. The maximum atomic E-state index is 12.5. The first-order chi connectivity index (χ1) is 13.4. The lowest BCUT2D eigenvalue weighted by atomic mass is 9.92. The molecule has 0 radical (unpaired) electrons. The van der Waals surface area contributed by atoms with Gasteiger partial charge in [-0.3, -0.25) is 0 Å². The molecule has 1 fully saturated rings. The molecular weight excluding hydrogens is 372 g/mol. The molecule has 1 aliphatic rings. The van der Waals surface area contributed by atoms with E-state index >= 15 is 0 Å². The van der Waals surface area contributed by atoms with Gasteiger partial charge in [-0.1, -0.05) is 5.16 Å². The number of halogens is 2. The Morgan fingerprint density at radius 2 is 2.14 bits per heavy atom. The molecule has 0 spiro atoms. The van der Waals surface area contributed by atoms with Gasteiger partial charge in [-0.15, -0.1) is 0 Å². The second kappa shape index (κ2) is 8.99. The Bertz CT molecular complexity index is 804. The standard InChI is InChI=1S/C19H23F2N3O4/c1-12-11-14(4-5-15(12)18(25)26)27-10-2-3-13-6-8-24(9-7-13)19-22-17(16(20)21)23-28-19/h4-5,11,13,16H,2-3,6-10H2,1H3,(H,25,26). The number of carboxylic acids is 1. The molecule has 1 N–H and O–H groups in total. The fraction of sp³-hybridized carbons (Fsp3) is 0.526. The van der Waals surface area contributed by atoms with Crippen molar-refractivity contribution >= 4 is 12.0 Å². The molecule has 0 amide bonds. The second-order valence-electron chi connectivity index (χ2n) is 6.94. The Balaban J connectivity index is 1.37. The van der Waals surface area contributed by atoms with Crippen LogP contribution in [0.5, 0.6) is 5.75 Å². The maximum absolute atomic E-state index is 12.5. The summed E-state index contributed by atoms with van der Waals surface area (Å²) in [6, 6.07) is 5.13. The molecule has 1 aromatic carbocycles. The molecule has 3 rings (SSSR count). The van der Waals surface area contributed by atoms with Crippen molar-refractivity contribution in [2.75, 3.05) is 24.6 Å². The number of carbonyl (C=O) groups is 1. The van der Waals surface area contributed by atoms with Gasteiger partial charge in [0.2, 0.25) is 5.82 Å². The van der Waals surface area contributed by atoms with Crippen LogP contribution in [0.4, 0.5) is 14.8 Å². The Kier molecular flexibility index (Phi) is 6.43. The second-order valence-corrected chi connectivity index (χ2v) is 6.94. The average Bonchev–Trinajstić information content (AvgIpc) is 3.16. The van der Waals surface area contributed by atoms with Gasteiger partial charge in [0.05, 0.1) is 12.2 Å². The molecule has 0 unspecified atom stereocenters. The van der Waals surface area contributed by atoms with Crippen LogP contribution in [-0.2, 0) is 0 Å². The zero-order valence-electron chi connectivity index (χ0n) is 15.6. The number of anilines is 1. The van der Waals surface area contributed by atoms with Crippen LogP contribution in [-0.4, -0.2) is 40.9 Å². The first kappa shape index (κ1) is 20.0. The number of piperidine rings is 1. The summed E-state index contributed by atoms with van der Waals surface area (Å²) in [7, 11) is 0. The highest BCUT2D eigenvalue weighted by Crippen LogP contribution is 2.27. The van der Waals surface area contributed by atoms with E-state index in [0.717, 1.165) is 25.7 Å². The van der Waals surface area contributed by atoms with E-state index in [4.69, 9.17) is 14.4 Å². The number of ether oxygens (including phenoxy) is 1. The monoisotopic (exact) mass is 395 g/mol. The quantitative estimate of drug-likeness (QED) is 0.674. The van der Waals surface area contributed by atoms with Gasteiger partial charge in [0.25, 0.3) is 0 Å². The Morgan fingerprint density at radius 1 is 1.39 bits per heavy atom. The van der Waals surface area contributed by atoms with Gasteiger partial charge in [0, 0.05) is 13.1 Å². The number of alkyl halides is 2. The summed E-state index contributed by atoms with van der Waals surface area (Å²) >= 11 is 0. The van der Waals surface area contributed by atoms with Crippen molar-refractivity contribution in [1.29, 1.82) is 0 Å². The summed E-state index contributed by atoms with van der Waals surface area (Å²) in [5, 5.41) is 12.3. The van der Waals surface area contributed by atoms with Gasteiger partial charge in [0.1, 0.15) is 5.75 Å². The molecular formula is C19H23F2N3O4. The highest BCUT2D eigenvalue weighted by molar-refractivity contribution is 5.89. The van der Waals surface area contributed by atoms with Crippen LogP contribution in [0, 0.1) is 12.8 Å². The summed E-state index contributed by atoms with van der Waals surface area (Å²) < 4.78 is 35.7. The van der Waals surface area contributed by atoms with Gasteiger partial charge in [0.15, 0.2) is 0 Å². The van der Waals surface area contributed by atoms with E-state index in [9.17, 15) is 13.6 Å². The normalized spacial score (nSPS) is 15.2. The summed E-state index contributed by atoms with van der Waals surface area (Å²) in [6.07, 6.45) is 1.03. The Hall–Kier alpha value is -2.71. The molecule has 0 saturated carbocycles. The molecule has 0 atom stereocenters. The number of nitrogens with zero attached hydrogens (tertiary/aromatic N) is 3. The number of aromatic carboxylic acids is 1. The molecule has 9 heteroatoms. The highest BCUT2D eigenvalue weighted by atomic mass is 19.3. The molecule has 1 aromatic heterocycles. The molecule has 0 aliphatic carbocycles. The van der Waals surface area contributed by atoms with Gasteiger partial charge in [-0.2, -0.15) is 4.98 Å². The smallest absolute Gasteiger partial charge is 0.335 e. The number of hydrogen-bond acceptors (Lipinski definition) is 6. The zero-order chi connectivity index (χ0) is 20.1. The minimum absolute atomic E-state index is 0.164. The number of hydrogen-bond donors (Lipinski definition) is 1. The zero-order valence-corrected chi connectivity index (χ0v) is 15.6. The number of carboxylic acid groups (broad SMARTS) is 1. The van der Waals surface area contributed by atoms with Crippen molar-refractivity contribution in [2.45, 2.75) is 39.0 Å². The van der Waals surface area contributed by atoms with Crippen molar-refractivity contribution in [3.8, 4) is 5.75 Å². The Morgan fingerprint density at radius 3 is 2.75 bits per heavy atom. The predicted molar refractivity (Wildman–Crippen MR) is 97.1 cm³/mol. The van der Waals surface area contributed by atoms with Crippen molar-refractivity contribution < 1.29 is 27.9 Å². The van der Waals surface area contributed by atoms with Crippen LogP contribution in [0.1, 0.15) is 53.9 Å². The van der Waals surface area contributed by atoms with Gasteiger partial charge >= 0.3 is 18.4 Å². The van der Waals surface area contributed by atoms with E-state index in [1.54, 1.807) is 25.1 Å². The van der Waals surface area contributed by atoms with E-state index in [0.29, 0.717) is 36.9 Å². The van der Waals surface area contributed by atoms with Crippen LogP contribution in [0.15, 0.2) is 22.7 Å². The molecule has 1 saturated heterocycles. The SMILES string of the molecule is Cc1cc(OCCCC2CCN(c3nc(C(F)F)no3)CC2)ccc1C(=O)O. The molecule has 0 bridgehead atoms. The Labute approximate surface area is 161 Å². The molecule has 1 aliphatic heterocycles. The van der Waals surface area contributed by atoms with Gasteiger partial charge in [-0.05, 0) is 62.3 Å². The van der Waals surface area contributed by atoms with Crippen LogP contribution >= 0.6 is 0 Å². The third-order valence-electron chi connectivity index (χ3n) is 4.96. The fourth-order valence-corrected chi connectivity index (χ4v) is 3.38. The van der Waals surface area contributed by atoms with Crippen molar-refractivity contribution in [3.63, 3.8) is 0 Å². The lowest BCUT2D eigenvalue weighted by Gasteiger charge is -2.30. The highest BCUT2D eigenvalue weighted by Gasteiger charge is 2.24. The summed E-state index contributed by atoms with van der Waals surface area (Å²) in [6.45, 7) is 3.71. The minimum Gasteiger partial charge on any atom is -0.494 e. The number of aryl methyl sites for hydroxylation is 1. The number of aromatic nitrogens is 2. The maximum Gasteiger partial charge on any atom is 0.335 e. The molecule has 28 heavy (non-hydrogen) atoms. The third kappa shape index (κ3) is 4.96. The summed E-state index contributed by atoms with van der Waals surface area (Å²) in [5.41, 5.74) is 0.953. The van der Waals surface area contributed by atoms with Crippen LogP contribution in [0.2, 0.25) is 0 Å². The third-order valence-corrected chi connectivity index (χ3v) is 4.96. The molecule has 152 valence electrons. The van der Waals surface area contributed by atoms with Crippen LogP contribution in [0.25, 0.3) is 0 Å². The van der Waals surface area contributed by atoms with Crippen molar-refractivity contribution in [1.82, 2.24) is 10.1 Å². The van der Waals surface area contributed by atoms with Gasteiger partial charge in [-0.25, -0.2) is 13.6 Å². The first-order valence-corrected chi connectivity index (χ1v) is 9.27. The number of rotatable bonds is 8. The summed E-state index contributed by atoms with van der Waals surface area (Å²) in [4.78, 5) is 16.6. The molecule has 2 aromatic rings. The topological polar surface area (TPSA) is 88.7 Å². The minimum atomic E-state index is -2.72. The largest absolute Gasteiger partial charge is 0.494 e. The first-order valence-electron chi connectivity index (χ1n) is 9.27. The average molecular weight is 395 g/mol. The van der Waals surface area contributed by atoms with E-state index in [-0.39, 0.29) is 11.6 Å². The van der Waals surface area contributed by atoms with Crippen molar-refractivity contribution in [2.24, 2.45) is 5.92 Å². The fourth-order valence-electron chi connectivity index (χ4n) is 3.38. The van der Waals surface area contributed by atoms with E-state index in [1.165, 1.54) is 0 Å². The van der Waals surface area contributed by atoms with Crippen molar-refractivity contribution in [3.05, 3.63) is 35.2 Å².